The Kier molecular flexibility index (Phi) is 13.1. The van der Waals surface area contributed by atoms with Gasteiger partial charge in [0.25, 0.3) is 0 Å². The number of nitrogens with one attached hydrogen (secondary N) is 4. The number of nitrogens with two attached hydrogens (primary N) is 4. The Hall–Kier alpha value is -5.44. The van der Waals surface area contributed by atoms with E-state index >= 15 is 0 Å². The third-order valence-electron chi connectivity index (χ3n) is 7.24. The summed E-state index contributed by atoms with van der Waals surface area (Å²) in [6.07, 6.45) is 1.83. The van der Waals surface area contributed by atoms with Gasteiger partial charge in [-0.25, -0.2) is 4.79 Å². The first-order chi connectivity index (χ1) is 21.9. The van der Waals surface area contributed by atoms with E-state index in [0.717, 1.165) is 22.0 Å². The molecule has 0 saturated heterocycles. The topological polar surface area (TPSA) is 274 Å². The Labute approximate surface area is 265 Å². The molecule has 246 valence electrons. The first-order valence-corrected chi connectivity index (χ1v) is 14.8. The van der Waals surface area contributed by atoms with Gasteiger partial charge >= 0.3 is 5.97 Å². The molecule has 3 rings (SSSR count). The lowest BCUT2D eigenvalue weighted by atomic mass is 10.0. The average molecular weight is 636 g/mol. The van der Waals surface area contributed by atoms with Crippen LogP contribution in [0.4, 0.5) is 0 Å². The number of carboxylic acids is 1. The largest absolute Gasteiger partial charge is 0.480 e. The Balaban J connectivity index is 1.79. The van der Waals surface area contributed by atoms with Crippen molar-refractivity contribution < 1.29 is 29.1 Å². The molecule has 0 aliphatic heterocycles. The first-order valence-electron chi connectivity index (χ1n) is 14.8. The molecule has 0 bridgehead atoms. The average Bonchev–Trinajstić information content (AvgIpc) is 3.42. The number of amides is 4. The molecule has 0 aliphatic rings. The number of hydrogen-bond donors (Lipinski definition) is 9. The van der Waals surface area contributed by atoms with E-state index in [0.29, 0.717) is 0 Å². The molecule has 4 atom stereocenters. The second-order valence-electron chi connectivity index (χ2n) is 10.8. The van der Waals surface area contributed by atoms with Crippen molar-refractivity contribution in [3.05, 3.63) is 71.9 Å². The monoisotopic (exact) mass is 635 g/mol. The Morgan fingerprint density at radius 2 is 1.41 bits per heavy atom. The third kappa shape index (κ3) is 10.9. The normalized spacial score (nSPS) is 13.5. The van der Waals surface area contributed by atoms with Crippen LogP contribution >= 0.6 is 0 Å². The maximum absolute atomic E-state index is 13.7. The van der Waals surface area contributed by atoms with Crippen LogP contribution < -0.4 is 38.9 Å². The fourth-order valence-electron chi connectivity index (χ4n) is 4.83. The second kappa shape index (κ2) is 17.2. The van der Waals surface area contributed by atoms with Gasteiger partial charge in [0.2, 0.25) is 23.6 Å². The van der Waals surface area contributed by atoms with Crippen LogP contribution in [0.15, 0.2) is 65.8 Å². The van der Waals surface area contributed by atoms with Gasteiger partial charge in [-0.15, -0.1) is 0 Å². The second-order valence-corrected chi connectivity index (χ2v) is 10.8. The van der Waals surface area contributed by atoms with Crippen LogP contribution in [0.2, 0.25) is 0 Å². The number of carbonyl (C=O) groups is 5. The molecular formula is C31H41N9O6. The highest BCUT2D eigenvalue weighted by atomic mass is 16.4. The number of aromatic nitrogens is 1. The summed E-state index contributed by atoms with van der Waals surface area (Å²) in [6, 6.07) is 11.7. The molecule has 2 aromatic carbocycles. The number of carboxylic acid groups (broad SMARTS) is 1. The predicted octanol–water partition coefficient (Wildman–Crippen LogP) is -0.861. The lowest BCUT2D eigenvalue weighted by Crippen LogP contribution is -2.57. The highest BCUT2D eigenvalue weighted by molar-refractivity contribution is 5.94. The molecule has 1 heterocycles. The number of fused-ring (bicyclic) bond motifs is 1. The number of primary amides is 1. The number of benzene rings is 2. The van der Waals surface area contributed by atoms with Gasteiger partial charge in [-0.1, -0.05) is 48.5 Å². The highest BCUT2D eigenvalue weighted by Crippen LogP contribution is 2.19. The van der Waals surface area contributed by atoms with Crippen molar-refractivity contribution in [2.75, 3.05) is 6.54 Å². The minimum atomic E-state index is -1.43. The van der Waals surface area contributed by atoms with Gasteiger partial charge in [0.15, 0.2) is 5.96 Å². The van der Waals surface area contributed by atoms with Gasteiger partial charge in [0.05, 0.1) is 6.04 Å². The van der Waals surface area contributed by atoms with Crippen molar-refractivity contribution >= 4 is 46.5 Å². The molecule has 15 heteroatoms. The van der Waals surface area contributed by atoms with Gasteiger partial charge in [0.1, 0.15) is 18.1 Å². The maximum Gasteiger partial charge on any atom is 0.326 e. The summed E-state index contributed by atoms with van der Waals surface area (Å²) in [5.74, 6) is -4.34. The van der Waals surface area contributed by atoms with E-state index in [1.165, 1.54) is 0 Å². The molecule has 4 unspecified atom stereocenters. The lowest BCUT2D eigenvalue weighted by molar-refractivity contribution is -0.142. The summed E-state index contributed by atoms with van der Waals surface area (Å²) in [5.41, 5.74) is 24.7. The molecule has 13 N–H and O–H groups in total. The quantitative estimate of drug-likeness (QED) is 0.0477. The van der Waals surface area contributed by atoms with Crippen molar-refractivity contribution in [2.45, 2.75) is 62.7 Å². The predicted molar refractivity (Wildman–Crippen MR) is 172 cm³/mol. The minimum Gasteiger partial charge on any atom is -0.480 e. The molecule has 1 aromatic heterocycles. The summed E-state index contributed by atoms with van der Waals surface area (Å²) in [5, 5.41) is 18.2. The van der Waals surface area contributed by atoms with Gasteiger partial charge in [-0.2, -0.15) is 0 Å². The maximum atomic E-state index is 13.7. The summed E-state index contributed by atoms with van der Waals surface area (Å²) < 4.78 is 0. The molecule has 0 spiro atoms. The minimum absolute atomic E-state index is 0.0304. The number of nitrogens with zero attached hydrogens (tertiary/aromatic N) is 1. The summed E-state index contributed by atoms with van der Waals surface area (Å²) in [6.45, 7) is 0.138. The van der Waals surface area contributed by atoms with E-state index in [-0.39, 0.29) is 51.0 Å². The molecule has 0 fully saturated rings. The number of aliphatic carboxylic acids is 1. The first kappa shape index (κ1) is 35.0. The van der Waals surface area contributed by atoms with Crippen molar-refractivity contribution in [1.29, 1.82) is 0 Å². The molecule has 3 aromatic rings. The lowest BCUT2D eigenvalue weighted by Gasteiger charge is -2.25. The number of para-hydroxylation sites is 1. The fourth-order valence-corrected chi connectivity index (χ4v) is 4.83. The van der Waals surface area contributed by atoms with E-state index < -0.39 is 53.8 Å². The van der Waals surface area contributed by atoms with Crippen molar-refractivity contribution in [3.63, 3.8) is 0 Å². The zero-order valence-corrected chi connectivity index (χ0v) is 25.3. The standard InChI is InChI=1S/C31H41N9O6/c32-21(16-19-17-37-22-10-5-4-9-20(19)22)27(42)40-25(15-18-7-2-1-3-8-18)29(44)38-23(11-6-14-36-31(34)35)28(43)39-24(30(45)46)12-13-26(33)41/h1-5,7-10,17,21,23-25,37H,6,11-16,32H2,(H2,33,41)(H,38,44)(H,39,43)(H,40,42)(H,45,46)(H4,34,35,36). The molecule has 15 nitrogen and oxygen atoms in total. The van der Waals surface area contributed by atoms with E-state index in [9.17, 15) is 29.1 Å². The van der Waals surface area contributed by atoms with Gasteiger partial charge in [-0.05, 0) is 42.9 Å². The molecule has 0 saturated carbocycles. The molecule has 46 heavy (non-hydrogen) atoms. The number of H-pyrrole nitrogens is 1. The molecule has 0 aliphatic carbocycles. The van der Waals surface area contributed by atoms with Gasteiger partial charge in [-0.3, -0.25) is 24.2 Å². The van der Waals surface area contributed by atoms with E-state index in [1.54, 1.807) is 30.5 Å². The molecule has 0 radical (unpaired) electrons. The van der Waals surface area contributed by atoms with E-state index in [2.05, 4.69) is 25.9 Å². The summed E-state index contributed by atoms with van der Waals surface area (Å²) >= 11 is 0. The van der Waals surface area contributed by atoms with Crippen LogP contribution in [0, 0.1) is 0 Å². The van der Waals surface area contributed by atoms with Crippen molar-refractivity contribution in [1.82, 2.24) is 20.9 Å². The zero-order chi connectivity index (χ0) is 33.6. The van der Waals surface area contributed by atoms with Gasteiger partial charge in [0, 0.05) is 36.5 Å². The number of hydrogen-bond acceptors (Lipinski definition) is 7. The zero-order valence-electron chi connectivity index (χ0n) is 25.3. The Bertz CT molecular complexity index is 1540. The summed E-state index contributed by atoms with van der Waals surface area (Å²) in [4.78, 5) is 70.2. The van der Waals surface area contributed by atoms with Crippen molar-refractivity contribution in [3.8, 4) is 0 Å². The molecular weight excluding hydrogens is 594 g/mol. The van der Waals surface area contributed by atoms with Crippen LogP contribution in [0.25, 0.3) is 10.9 Å². The van der Waals surface area contributed by atoms with Crippen LogP contribution in [0.5, 0.6) is 0 Å². The number of aromatic amines is 1. The number of rotatable bonds is 18. The Morgan fingerprint density at radius 3 is 2.09 bits per heavy atom. The van der Waals surface area contributed by atoms with E-state index in [4.69, 9.17) is 22.9 Å². The third-order valence-corrected chi connectivity index (χ3v) is 7.24. The van der Waals surface area contributed by atoms with Crippen LogP contribution in [-0.4, -0.2) is 76.4 Å². The summed E-state index contributed by atoms with van der Waals surface area (Å²) in [7, 11) is 0. The SMILES string of the molecule is NC(=O)CCC(NC(=O)C(CCCN=C(N)N)NC(=O)C(Cc1ccccc1)NC(=O)C(N)Cc1c[nH]c2ccccc12)C(=O)O. The smallest absolute Gasteiger partial charge is 0.326 e. The number of carbonyl (C=O) groups excluding carboxylic acids is 4. The van der Waals surface area contributed by atoms with E-state index in [1.807, 2.05) is 30.3 Å². The fraction of sp³-hybridized carbons (Fsp3) is 0.355. The van der Waals surface area contributed by atoms with Crippen LogP contribution in [0.3, 0.4) is 0 Å². The van der Waals surface area contributed by atoms with Crippen LogP contribution in [0.1, 0.15) is 36.8 Å². The van der Waals surface area contributed by atoms with Gasteiger partial charge < -0.3 is 49.0 Å². The number of aliphatic imine (C=N–C) groups is 1. The number of guanidine groups is 1. The highest BCUT2D eigenvalue weighted by Gasteiger charge is 2.30. The van der Waals surface area contributed by atoms with Crippen LogP contribution in [-0.2, 0) is 36.8 Å². The Morgan fingerprint density at radius 1 is 0.783 bits per heavy atom. The van der Waals surface area contributed by atoms with Crippen molar-refractivity contribution in [2.24, 2.45) is 27.9 Å². The molecule has 4 amide bonds.